The van der Waals surface area contributed by atoms with E-state index in [-0.39, 0.29) is 5.75 Å². The van der Waals surface area contributed by atoms with Crippen LogP contribution in [-0.2, 0) is 5.92 Å². The van der Waals surface area contributed by atoms with Crippen molar-refractivity contribution in [3.63, 3.8) is 0 Å². The third-order valence-electron chi connectivity index (χ3n) is 2.88. The molecule has 2 aromatic rings. The molecule has 0 saturated heterocycles. The van der Waals surface area contributed by atoms with Gasteiger partial charge in [0.25, 0.3) is 0 Å². The van der Waals surface area contributed by atoms with E-state index in [0.717, 1.165) is 6.07 Å². The maximum absolute atomic E-state index is 13.9. The summed E-state index contributed by atoms with van der Waals surface area (Å²) in [6.07, 6.45) is -4.85. The summed E-state index contributed by atoms with van der Waals surface area (Å²) >= 11 is 0. The Kier molecular flexibility index (Phi) is 4.25. The van der Waals surface area contributed by atoms with Crippen LogP contribution in [0.25, 0.3) is 0 Å². The van der Waals surface area contributed by atoms with Crippen LogP contribution >= 0.6 is 0 Å². The fourth-order valence-corrected chi connectivity index (χ4v) is 1.73. The van der Waals surface area contributed by atoms with Crippen LogP contribution < -0.4 is 9.47 Å². The Balaban J connectivity index is 2.33. The Morgan fingerprint density at radius 1 is 0.818 bits per heavy atom. The van der Waals surface area contributed by atoms with Gasteiger partial charge in [0.05, 0.1) is 7.11 Å². The zero-order valence-corrected chi connectivity index (χ0v) is 11.3. The number of para-hydroxylation sites is 2. The van der Waals surface area contributed by atoms with Crippen molar-refractivity contribution in [2.45, 2.75) is 12.0 Å². The average Bonchev–Trinajstić information content (AvgIpc) is 2.47. The highest BCUT2D eigenvalue weighted by Gasteiger charge is 2.60. The molecule has 0 bridgehead atoms. The van der Waals surface area contributed by atoms with E-state index in [2.05, 4.69) is 4.74 Å². The first-order valence-corrected chi connectivity index (χ1v) is 6.11. The fraction of sp³-hybridized carbons (Fsp3) is 0.200. The van der Waals surface area contributed by atoms with Crippen molar-refractivity contribution in [3.8, 4) is 11.5 Å². The van der Waals surface area contributed by atoms with Gasteiger partial charge in [0.2, 0.25) is 0 Å². The number of alkyl halides is 4. The van der Waals surface area contributed by atoms with E-state index >= 15 is 0 Å². The molecule has 0 aliphatic carbocycles. The van der Waals surface area contributed by atoms with Crippen molar-refractivity contribution >= 4 is 0 Å². The molecule has 7 heteroatoms. The standard InChI is InChI=1S/C15H11F5O2/c1-21-12-4-2-3-5-13(12)22-15(19,20)14(17,18)10-6-8-11(16)9-7-10/h2-9H,1H3. The lowest BCUT2D eigenvalue weighted by atomic mass is 10.1. The lowest BCUT2D eigenvalue weighted by Gasteiger charge is -2.27. The monoisotopic (exact) mass is 318 g/mol. The van der Waals surface area contributed by atoms with Gasteiger partial charge in [-0.05, 0) is 36.4 Å². The van der Waals surface area contributed by atoms with Crippen LogP contribution in [0.1, 0.15) is 5.56 Å². The summed E-state index contributed by atoms with van der Waals surface area (Å²) in [6, 6.07) is 7.68. The van der Waals surface area contributed by atoms with Crippen LogP contribution in [0.15, 0.2) is 48.5 Å². The molecule has 0 fully saturated rings. The Hall–Kier alpha value is -2.31. The molecule has 0 amide bonds. The molecule has 0 spiro atoms. The summed E-state index contributed by atoms with van der Waals surface area (Å²) in [6.45, 7) is 0. The summed E-state index contributed by atoms with van der Waals surface area (Å²) in [4.78, 5) is 0. The van der Waals surface area contributed by atoms with E-state index in [1.165, 1.54) is 25.3 Å². The van der Waals surface area contributed by atoms with Crippen molar-refractivity contribution in [2.24, 2.45) is 0 Å². The van der Waals surface area contributed by atoms with E-state index in [1.54, 1.807) is 0 Å². The molecule has 0 aliphatic heterocycles. The molecule has 2 aromatic carbocycles. The number of ether oxygens (including phenoxy) is 2. The highest BCUT2D eigenvalue weighted by Crippen LogP contribution is 2.45. The lowest BCUT2D eigenvalue weighted by molar-refractivity contribution is -0.316. The van der Waals surface area contributed by atoms with Crippen LogP contribution in [0.3, 0.4) is 0 Å². The molecule has 0 unspecified atom stereocenters. The molecule has 0 aliphatic rings. The highest BCUT2D eigenvalue weighted by molar-refractivity contribution is 5.40. The normalized spacial score (nSPS) is 12.1. The van der Waals surface area contributed by atoms with E-state index in [0.29, 0.717) is 24.3 Å². The number of benzene rings is 2. The van der Waals surface area contributed by atoms with E-state index in [4.69, 9.17) is 4.74 Å². The van der Waals surface area contributed by atoms with Crippen LogP contribution in [-0.4, -0.2) is 13.2 Å². The Labute approximate surface area is 123 Å². The molecule has 0 radical (unpaired) electrons. The minimum Gasteiger partial charge on any atom is -0.493 e. The second-order valence-electron chi connectivity index (χ2n) is 4.35. The fourth-order valence-electron chi connectivity index (χ4n) is 1.73. The first kappa shape index (κ1) is 16.1. The van der Waals surface area contributed by atoms with Gasteiger partial charge >= 0.3 is 12.0 Å². The predicted octanol–water partition coefficient (Wildman–Crippen LogP) is 4.60. The van der Waals surface area contributed by atoms with Gasteiger partial charge in [-0.3, -0.25) is 0 Å². The molecule has 0 atom stereocenters. The van der Waals surface area contributed by atoms with Gasteiger partial charge in [-0.15, -0.1) is 0 Å². The second-order valence-corrected chi connectivity index (χ2v) is 4.35. The van der Waals surface area contributed by atoms with Gasteiger partial charge in [0.1, 0.15) is 5.82 Å². The van der Waals surface area contributed by atoms with Crippen LogP contribution in [0, 0.1) is 5.82 Å². The molecular weight excluding hydrogens is 307 g/mol. The average molecular weight is 318 g/mol. The Morgan fingerprint density at radius 2 is 1.36 bits per heavy atom. The van der Waals surface area contributed by atoms with E-state index < -0.39 is 29.2 Å². The van der Waals surface area contributed by atoms with Crippen molar-refractivity contribution < 1.29 is 31.4 Å². The molecule has 2 nitrogen and oxygen atoms in total. The Bertz CT molecular complexity index is 641. The lowest BCUT2D eigenvalue weighted by Crippen LogP contribution is -2.43. The summed E-state index contributed by atoms with van der Waals surface area (Å²) in [7, 11) is 1.19. The first-order valence-electron chi connectivity index (χ1n) is 6.11. The quantitative estimate of drug-likeness (QED) is 0.750. The molecule has 0 N–H and O–H groups in total. The zero-order valence-electron chi connectivity index (χ0n) is 11.3. The molecule has 0 heterocycles. The number of methoxy groups -OCH3 is 1. The van der Waals surface area contributed by atoms with Gasteiger partial charge in [0.15, 0.2) is 11.5 Å². The number of hydrogen-bond donors (Lipinski definition) is 0. The van der Waals surface area contributed by atoms with Crippen molar-refractivity contribution in [1.29, 1.82) is 0 Å². The number of rotatable bonds is 5. The van der Waals surface area contributed by atoms with Gasteiger partial charge in [-0.25, -0.2) is 4.39 Å². The summed E-state index contributed by atoms with van der Waals surface area (Å²) in [5.41, 5.74) is -1.06. The van der Waals surface area contributed by atoms with E-state index in [9.17, 15) is 22.0 Å². The Morgan fingerprint density at radius 3 is 1.91 bits per heavy atom. The first-order chi connectivity index (χ1) is 10.3. The maximum atomic E-state index is 13.9. The molecule has 0 aromatic heterocycles. The largest absolute Gasteiger partial charge is 0.493 e. The molecule has 0 saturated carbocycles. The van der Waals surface area contributed by atoms with Gasteiger partial charge < -0.3 is 9.47 Å². The van der Waals surface area contributed by atoms with E-state index in [1.807, 2.05) is 0 Å². The van der Waals surface area contributed by atoms with Gasteiger partial charge in [-0.1, -0.05) is 12.1 Å². The molecule has 22 heavy (non-hydrogen) atoms. The molecule has 2 rings (SSSR count). The second kappa shape index (κ2) is 5.82. The zero-order chi connectivity index (χ0) is 16.4. The number of hydrogen-bond acceptors (Lipinski definition) is 2. The summed E-state index contributed by atoms with van der Waals surface area (Å²) < 4.78 is 77.3. The van der Waals surface area contributed by atoms with Crippen LogP contribution in [0.5, 0.6) is 11.5 Å². The molecule has 118 valence electrons. The third kappa shape index (κ3) is 2.98. The van der Waals surface area contributed by atoms with Crippen LogP contribution in [0.2, 0.25) is 0 Å². The van der Waals surface area contributed by atoms with Crippen LogP contribution in [0.4, 0.5) is 22.0 Å². The number of halogens is 5. The van der Waals surface area contributed by atoms with Gasteiger partial charge in [0, 0.05) is 5.56 Å². The topological polar surface area (TPSA) is 18.5 Å². The smallest absolute Gasteiger partial charge is 0.469 e. The van der Waals surface area contributed by atoms with Crippen molar-refractivity contribution in [3.05, 3.63) is 59.9 Å². The predicted molar refractivity (Wildman–Crippen MR) is 68.9 cm³/mol. The molecular formula is C15H11F5O2. The maximum Gasteiger partial charge on any atom is 0.469 e. The SMILES string of the molecule is COc1ccccc1OC(F)(F)C(F)(F)c1ccc(F)cc1. The third-order valence-corrected chi connectivity index (χ3v) is 2.88. The minimum absolute atomic E-state index is 0.114. The minimum atomic E-state index is -4.85. The summed E-state index contributed by atoms with van der Waals surface area (Å²) in [5, 5.41) is 0. The van der Waals surface area contributed by atoms with Crippen molar-refractivity contribution in [2.75, 3.05) is 7.11 Å². The van der Waals surface area contributed by atoms with Gasteiger partial charge in [-0.2, -0.15) is 17.6 Å². The summed E-state index contributed by atoms with van der Waals surface area (Å²) in [5.74, 6) is -6.11. The highest BCUT2D eigenvalue weighted by atomic mass is 19.3. The van der Waals surface area contributed by atoms with Crippen molar-refractivity contribution in [1.82, 2.24) is 0 Å².